The van der Waals surface area contributed by atoms with Gasteiger partial charge in [-0.2, -0.15) is 0 Å². The lowest BCUT2D eigenvalue weighted by atomic mass is 10.1. The Morgan fingerprint density at radius 1 is 1.10 bits per heavy atom. The summed E-state index contributed by atoms with van der Waals surface area (Å²) >= 11 is 0. The summed E-state index contributed by atoms with van der Waals surface area (Å²) in [7, 11) is 0. The second-order valence-corrected chi connectivity index (χ2v) is 7.38. The largest absolute Gasteiger partial charge is 0.392 e. The third kappa shape index (κ3) is 3.86. The molecule has 0 radical (unpaired) electrons. The van der Waals surface area contributed by atoms with E-state index in [0.29, 0.717) is 19.0 Å². The molecule has 4 rings (SSSR count). The maximum atomic E-state index is 13.4. The number of carbonyl (C=O) groups is 1. The van der Waals surface area contributed by atoms with Crippen molar-refractivity contribution in [3.63, 3.8) is 0 Å². The molecule has 4 aromatic rings. The van der Waals surface area contributed by atoms with E-state index in [1.807, 2.05) is 71.0 Å². The minimum Gasteiger partial charge on any atom is -0.392 e. The van der Waals surface area contributed by atoms with E-state index in [0.717, 1.165) is 27.5 Å². The molecule has 0 saturated carbocycles. The van der Waals surface area contributed by atoms with E-state index in [1.54, 1.807) is 6.92 Å². The zero-order valence-electron chi connectivity index (χ0n) is 17.2. The number of aliphatic hydroxyl groups excluding tert-OH is 1. The Labute approximate surface area is 175 Å². The van der Waals surface area contributed by atoms with Gasteiger partial charge in [0, 0.05) is 18.5 Å². The third-order valence-corrected chi connectivity index (χ3v) is 5.18. The van der Waals surface area contributed by atoms with Gasteiger partial charge in [-0.3, -0.25) is 4.79 Å². The van der Waals surface area contributed by atoms with Crippen LogP contribution >= 0.6 is 0 Å². The summed E-state index contributed by atoms with van der Waals surface area (Å²) in [5.41, 5.74) is 2.60. The molecule has 0 aliphatic heterocycles. The van der Waals surface area contributed by atoms with Crippen LogP contribution in [-0.4, -0.2) is 39.8 Å². The number of fused-ring (bicyclic) bond motifs is 2. The van der Waals surface area contributed by atoms with Crippen molar-refractivity contribution in [2.24, 2.45) is 0 Å². The zero-order chi connectivity index (χ0) is 21.1. The number of likely N-dealkylation sites (N-methyl/N-ethyl adjacent to an activating group) is 1. The smallest absolute Gasteiger partial charge is 0.247 e. The molecule has 0 bridgehead atoms. The highest BCUT2D eigenvalue weighted by Gasteiger charge is 2.20. The summed E-state index contributed by atoms with van der Waals surface area (Å²) in [6.45, 7) is 4.77. The van der Waals surface area contributed by atoms with E-state index >= 15 is 0 Å². The predicted octanol–water partition coefficient (Wildman–Crippen LogP) is 4.04. The number of imidazole rings is 1. The zero-order valence-corrected chi connectivity index (χ0v) is 17.2. The first-order valence-electron chi connectivity index (χ1n) is 10.2. The highest BCUT2D eigenvalue weighted by atomic mass is 16.3. The van der Waals surface area contributed by atoms with Crippen LogP contribution in [0.5, 0.6) is 0 Å². The van der Waals surface area contributed by atoms with Gasteiger partial charge in [-0.1, -0.05) is 48.5 Å². The van der Waals surface area contributed by atoms with E-state index in [4.69, 9.17) is 0 Å². The van der Waals surface area contributed by atoms with Gasteiger partial charge in [0.1, 0.15) is 6.54 Å². The summed E-state index contributed by atoms with van der Waals surface area (Å²) in [5.74, 6) is 0.566. The van der Waals surface area contributed by atoms with Gasteiger partial charge in [0.25, 0.3) is 0 Å². The molecule has 0 spiro atoms. The number of aliphatic hydroxyl groups is 1. The molecule has 6 nitrogen and oxygen atoms in total. The standard InChI is InChI=1S/C24H26N4O2/c1-3-27(21-14-8-10-18-9-4-5-11-19(18)21)23(30)16-28-22-13-7-6-12-20(22)26-24(28)25-15-17(2)29/h4-14,17,29H,3,15-16H2,1-2H3,(H,25,26)/t17-/m0/s1. The number of amides is 1. The number of aromatic nitrogens is 2. The first-order valence-corrected chi connectivity index (χ1v) is 10.2. The molecule has 0 fully saturated rings. The van der Waals surface area contributed by atoms with E-state index < -0.39 is 6.10 Å². The number of benzene rings is 3. The number of rotatable bonds is 7. The SMILES string of the molecule is CCN(C(=O)Cn1c(NC[C@H](C)O)nc2ccccc21)c1cccc2ccccc12. The topological polar surface area (TPSA) is 70.4 Å². The number of anilines is 2. The summed E-state index contributed by atoms with van der Waals surface area (Å²) in [5, 5.41) is 15.0. The third-order valence-electron chi connectivity index (χ3n) is 5.18. The quantitative estimate of drug-likeness (QED) is 0.490. The minimum atomic E-state index is -0.517. The highest BCUT2D eigenvalue weighted by Crippen LogP contribution is 2.28. The fourth-order valence-electron chi connectivity index (χ4n) is 3.75. The van der Waals surface area contributed by atoms with Crippen molar-refractivity contribution < 1.29 is 9.90 Å². The molecule has 0 saturated heterocycles. The van der Waals surface area contributed by atoms with Gasteiger partial charge in [0.15, 0.2) is 0 Å². The van der Waals surface area contributed by atoms with E-state index in [-0.39, 0.29) is 12.5 Å². The van der Waals surface area contributed by atoms with E-state index in [1.165, 1.54) is 0 Å². The fourth-order valence-corrected chi connectivity index (χ4v) is 3.75. The van der Waals surface area contributed by atoms with Gasteiger partial charge >= 0.3 is 0 Å². The van der Waals surface area contributed by atoms with Crippen LogP contribution in [0.1, 0.15) is 13.8 Å². The summed E-state index contributed by atoms with van der Waals surface area (Å²) in [4.78, 5) is 19.9. The van der Waals surface area contributed by atoms with Crippen LogP contribution in [0.25, 0.3) is 21.8 Å². The van der Waals surface area contributed by atoms with Crippen molar-refractivity contribution >= 4 is 39.3 Å². The lowest BCUT2D eigenvalue weighted by Crippen LogP contribution is -2.34. The van der Waals surface area contributed by atoms with Crippen molar-refractivity contribution in [2.75, 3.05) is 23.3 Å². The molecule has 1 atom stereocenters. The summed E-state index contributed by atoms with van der Waals surface area (Å²) < 4.78 is 1.88. The Morgan fingerprint density at radius 2 is 1.83 bits per heavy atom. The molecule has 1 heterocycles. The summed E-state index contributed by atoms with van der Waals surface area (Å²) in [6, 6.07) is 21.9. The highest BCUT2D eigenvalue weighted by molar-refractivity contribution is 6.04. The van der Waals surface area contributed by atoms with Crippen LogP contribution in [-0.2, 0) is 11.3 Å². The van der Waals surface area contributed by atoms with Crippen LogP contribution in [0.4, 0.5) is 11.6 Å². The lowest BCUT2D eigenvalue weighted by Gasteiger charge is -2.24. The van der Waals surface area contributed by atoms with Gasteiger partial charge in [-0.15, -0.1) is 0 Å². The Morgan fingerprint density at radius 3 is 2.63 bits per heavy atom. The van der Waals surface area contributed by atoms with Gasteiger partial charge in [-0.25, -0.2) is 4.98 Å². The van der Waals surface area contributed by atoms with Crippen molar-refractivity contribution in [2.45, 2.75) is 26.5 Å². The van der Waals surface area contributed by atoms with Gasteiger partial charge in [0.05, 0.1) is 22.8 Å². The molecule has 154 valence electrons. The molecule has 30 heavy (non-hydrogen) atoms. The average molecular weight is 402 g/mol. The Bertz CT molecular complexity index is 1180. The van der Waals surface area contributed by atoms with Crippen molar-refractivity contribution in [3.05, 3.63) is 66.7 Å². The predicted molar refractivity (Wildman–Crippen MR) is 122 cm³/mol. The van der Waals surface area contributed by atoms with Crippen LogP contribution in [0, 0.1) is 0 Å². The van der Waals surface area contributed by atoms with E-state index in [2.05, 4.69) is 22.4 Å². The normalized spacial score (nSPS) is 12.2. The van der Waals surface area contributed by atoms with Crippen LogP contribution in [0.15, 0.2) is 66.7 Å². The van der Waals surface area contributed by atoms with Crippen molar-refractivity contribution in [3.8, 4) is 0 Å². The molecule has 0 aliphatic rings. The average Bonchev–Trinajstić information content (AvgIpc) is 3.10. The first kappa shape index (κ1) is 19.9. The maximum Gasteiger partial charge on any atom is 0.247 e. The van der Waals surface area contributed by atoms with Crippen molar-refractivity contribution in [1.82, 2.24) is 9.55 Å². The maximum absolute atomic E-state index is 13.4. The van der Waals surface area contributed by atoms with Gasteiger partial charge in [-0.05, 0) is 37.4 Å². The Hall–Kier alpha value is -3.38. The molecule has 3 aromatic carbocycles. The molecular weight excluding hydrogens is 376 g/mol. The number of hydrogen-bond donors (Lipinski definition) is 2. The Kier molecular flexibility index (Phi) is 5.68. The lowest BCUT2D eigenvalue weighted by molar-refractivity contribution is -0.119. The second kappa shape index (κ2) is 8.55. The molecule has 1 aromatic heterocycles. The number of hydrogen-bond acceptors (Lipinski definition) is 4. The van der Waals surface area contributed by atoms with Gasteiger partial charge < -0.3 is 19.9 Å². The molecule has 2 N–H and O–H groups in total. The minimum absolute atomic E-state index is 0.0166. The molecular formula is C24H26N4O2. The molecule has 6 heteroatoms. The fraction of sp³-hybridized carbons (Fsp3) is 0.250. The van der Waals surface area contributed by atoms with Crippen LogP contribution < -0.4 is 10.2 Å². The van der Waals surface area contributed by atoms with Gasteiger partial charge in [0.2, 0.25) is 11.9 Å². The van der Waals surface area contributed by atoms with Crippen LogP contribution in [0.3, 0.4) is 0 Å². The molecule has 1 amide bonds. The van der Waals surface area contributed by atoms with E-state index in [9.17, 15) is 9.90 Å². The van der Waals surface area contributed by atoms with Crippen LogP contribution in [0.2, 0.25) is 0 Å². The Balaban J connectivity index is 1.70. The second-order valence-electron chi connectivity index (χ2n) is 7.38. The number of nitrogens with one attached hydrogen (secondary N) is 1. The molecule has 0 unspecified atom stereocenters. The first-order chi connectivity index (χ1) is 14.6. The monoisotopic (exact) mass is 402 g/mol. The summed E-state index contributed by atoms with van der Waals surface area (Å²) in [6.07, 6.45) is -0.517. The van der Waals surface area contributed by atoms with Crippen molar-refractivity contribution in [1.29, 1.82) is 0 Å². The number of nitrogens with zero attached hydrogens (tertiary/aromatic N) is 3. The molecule has 0 aliphatic carbocycles. The number of carbonyl (C=O) groups excluding carboxylic acids is 1. The number of para-hydroxylation sites is 2.